The Morgan fingerprint density at radius 2 is 1.56 bits per heavy atom. The maximum absolute atomic E-state index is 12.9. The van der Waals surface area contributed by atoms with Gasteiger partial charge in [-0.05, 0) is 43.5 Å². The molecule has 1 aromatic rings. The summed E-state index contributed by atoms with van der Waals surface area (Å²) in [6, 6.07) is 5.73. The highest BCUT2D eigenvalue weighted by Crippen LogP contribution is 2.30. The third kappa shape index (κ3) is 5.66. The third-order valence-electron chi connectivity index (χ3n) is 5.28. The molecular formula is C18H31N3O4S2. The van der Waals surface area contributed by atoms with E-state index in [-0.39, 0.29) is 10.9 Å². The predicted octanol–water partition coefficient (Wildman–Crippen LogP) is 2.88. The molecule has 0 spiro atoms. The van der Waals surface area contributed by atoms with Crippen molar-refractivity contribution < 1.29 is 16.8 Å². The molecule has 1 N–H and O–H groups in total. The fourth-order valence-electron chi connectivity index (χ4n) is 3.39. The standard InChI is InChI=1S/C18H31N3O4S2/c1-15(14-16-8-6-5-7-9-16)21(4)26(22,23)18-12-10-17(11-13-18)19-27(24,25)20(2)3/h10-13,15-16,19H,5-9,14H2,1-4H3. The quantitative estimate of drug-likeness (QED) is 0.705. The van der Waals surface area contributed by atoms with E-state index >= 15 is 0 Å². The Balaban J connectivity index is 2.08. The van der Waals surface area contributed by atoms with Crippen molar-refractivity contribution in [3.8, 4) is 0 Å². The van der Waals surface area contributed by atoms with Crippen LogP contribution in [0.3, 0.4) is 0 Å². The van der Waals surface area contributed by atoms with Gasteiger partial charge in [-0.15, -0.1) is 0 Å². The normalized spacial score (nSPS) is 18.0. The Morgan fingerprint density at radius 1 is 1.00 bits per heavy atom. The second-order valence-electron chi connectivity index (χ2n) is 7.52. The van der Waals surface area contributed by atoms with Crippen molar-refractivity contribution in [2.45, 2.75) is 56.4 Å². The van der Waals surface area contributed by atoms with Crippen LogP contribution in [0.5, 0.6) is 0 Å². The molecule has 1 unspecified atom stereocenters. The Hall–Kier alpha value is -1.16. The average molecular weight is 418 g/mol. The largest absolute Gasteiger partial charge is 0.301 e. The smallest absolute Gasteiger partial charge is 0.271 e. The zero-order valence-corrected chi connectivity index (χ0v) is 18.2. The fraction of sp³-hybridized carbons (Fsp3) is 0.667. The van der Waals surface area contributed by atoms with Gasteiger partial charge in [-0.3, -0.25) is 4.72 Å². The number of nitrogens with zero attached hydrogens (tertiary/aromatic N) is 2. The van der Waals surface area contributed by atoms with Crippen LogP contribution in [0.15, 0.2) is 29.2 Å². The van der Waals surface area contributed by atoms with Gasteiger partial charge in [0.1, 0.15) is 0 Å². The van der Waals surface area contributed by atoms with Gasteiger partial charge in [0, 0.05) is 32.9 Å². The molecule has 1 aromatic carbocycles. The minimum absolute atomic E-state index is 0.0787. The highest BCUT2D eigenvalue weighted by atomic mass is 32.2. The van der Waals surface area contributed by atoms with Gasteiger partial charge in [-0.2, -0.15) is 17.0 Å². The number of hydrogen-bond donors (Lipinski definition) is 1. The molecule has 0 aromatic heterocycles. The Morgan fingerprint density at radius 3 is 2.07 bits per heavy atom. The first-order valence-electron chi connectivity index (χ1n) is 9.32. The molecule has 154 valence electrons. The Kier molecular flexibility index (Phi) is 7.29. The number of benzene rings is 1. The molecule has 1 aliphatic rings. The summed E-state index contributed by atoms with van der Waals surface area (Å²) in [7, 11) is -2.78. The minimum atomic E-state index is -3.62. The summed E-state index contributed by atoms with van der Waals surface area (Å²) in [4.78, 5) is 0.160. The first kappa shape index (κ1) is 22.1. The molecule has 0 heterocycles. The fourth-order valence-corrected chi connectivity index (χ4v) is 5.38. The lowest BCUT2D eigenvalue weighted by Gasteiger charge is -2.29. The molecular weight excluding hydrogens is 386 g/mol. The summed E-state index contributed by atoms with van der Waals surface area (Å²) >= 11 is 0. The van der Waals surface area contributed by atoms with Crippen LogP contribution in [0.4, 0.5) is 5.69 Å². The molecule has 1 saturated carbocycles. The van der Waals surface area contributed by atoms with Gasteiger partial charge in [0.25, 0.3) is 0 Å². The van der Waals surface area contributed by atoms with E-state index < -0.39 is 20.2 Å². The van der Waals surface area contributed by atoms with Crippen molar-refractivity contribution in [2.75, 3.05) is 25.9 Å². The van der Waals surface area contributed by atoms with Crippen LogP contribution in [-0.2, 0) is 20.2 Å². The van der Waals surface area contributed by atoms with Crippen LogP contribution in [0.2, 0.25) is 0 Å². The topological polar surface area (TPSA) is 86.8 Å². The van der Waals surface area contributed by atoms with E-state index in [2.05, 4.69) is 4.72 Å². The van der Waals surface area contributed by atoms with Gasteiger partial charge in [0.2, 0.25) is 10.0 Å². The molecule has 1 aliphatic carbocycles. The van der Waals surface area contributed by atoms with Crippen molar-refractivity contribution >= 4 is 25.9 Å². The lowest BCUT2D eigenvalue weighted by molar-refractivity contribution is 0.267. The van der Waals surface area contributed by atoms with Crippen LogP contribution in [0, 0.1) is 5.92 Å². The predicted molar refractivity (Wildman–Crippen MR) is 108 cm³/mol. The molecule has 0 radical (unpaired) electrons. The summed E-state index contributed by atoms with van der Waals surface area (Å²) < 4.78 is 54.4. The van der Waals surface area contributed by atoms with Gasteiger partial charge in [-0.1, -0.05) is 32.1 Å². The second kappa shape index (κ2) is 8.89. The molecule has 2 rings (SSSR count). The van der Waals surface area contributed by atoms with Crippen LogP contribution in [-0.4, -0.2) is 52.6 Å². The number of sulfonamides is 1. The molecule has 0 aliphatic heterocycles. The van der Waals surface area contributed by atoms with Crippen LogP contribution < -0.4 is 4.72 Å². The molecule has 9 heteroatoms. The second-order valence-corrected chi connectivity index (χ2v) is 11.4. The molecule has 27 heavy (non-hydrogen) atoms. The first-order valence-corrected chi connectivity index (χ1v) is 12.2. The molecule has 1 atom stereocenters. The third-order valence-corrected chi connectivity index (χ3v) is 8.72. The van der Waals surface area contributed by atoms with Gasteiger partial charge < -0.3 is 0 Å². The Bertz CT molecular complexity index is 815. The molecule has 0 saturated heterocycles. The van der Waals surface area contributed by atoms with Crippen LogP contribution >= 0.6 is 0 Å². The van der Waals surface area contributed by atoms with E-state index in [1.165, 1.54) is 74.8 Å². The number of nitrogens with one attached hydrogen (secondary N) is 1. The van der Waals surface area contributed by atoms with Crippen LogP contribution in [0.25, 0.3) is 0 Å². The van der Waals surface area contributed by atoms with Crippen molar-refractivity contribution in [1.82, 2.24) is 8.61 Å². The highest BCUT2D eigenvalue weighted by molar-refractivity contribution is 7.90. The van der Waals surface area contributed by atoms with E-state index in [1.807, 2.05) is 6.92 Å². The highest BCUT2D eigenvalue weighted by Gasteiger charge is 2.28. The zero-order valence-electron chi connectivity index (χ0n) is 16.6. The first-order chi connectivity index (χ1) is 12.5. The SMILES string of the molecule is CC(CC1CCCCC1)N(C)S(=O)(=O)c1ccc(NS(=O)(=O)N(C)C)cc1. The molecule has 0 amide bonds. The maximum Gasteiger partial charge on any atom is 0.301 e. The lowest BCUT2D eigenvalue weighted by Crippen LogP contribution is -2.36. The van der Waals surface area contributed by atoms with E-state index in [9.17, 15) is 16.8 Å². The van der Waals surface area contributed by atoms with Crippen molar-refractivity contribution in [3.05, 3.63) is 24.3 Å². The van der Waals surface area contributed by atoms with Crippen molar-refractivity contribution in [1.29, 1.82) is 0 Å². The van der Waals surface area contributed by atoms with Gasteiger partial charge >= 0.3 is 10.2 Å². The van der Waals surface area contributed by atoms with E-state index in [0.717, 1.165) is 10.7 Å². The van der Waals surface area contributed by atoms with E-state index in [4.69, 9.17) is 0 Å². The maximum atomic E-state index is 12.9. The summed E-state index contributed by atoms with van der Waals surface area (Å²) in [5.74, 6) is 0.592. The van der Waals surface area contributed by atoms with Crippen LogP contribution in [0.1, 0.15) is 45.4 Å². The minimum Gasteiger partial charge on any atom is -0.271 e. The van der Waals surface area contributed by atoms with Gasteiger partial charge in [-0.25, -0.2) is 8.42 Å². The van der Waals surface area contributed by atoms with Gasteiger partial charge in [0.05, 0.1) is 4.90 Å². The summed E-state index contributed by atoms with van der Waals surface area (Å²) in [5, 5.41) is 0. The van der Waals surface area contributed by atoms with Crippen molar-refractivity contribution in [2.24, 2.45) is 5.92 Å². The number of rotatable bonds is 8. The Labute approximate surface area is 164 Å². The average Bonchev–Trinajstić information content (AvgIpc) is 2.61. The summed E-state index contributed by atoms with van der Waals surface area (Å²) in [6.45, 7) is 1.95. The molecule has 7 nitrogen and oxygen atoms in total. The summed E-state index contributed by atoms with van der Waals surface area (Å²) in [6.07, 6.45) is 6.98. The van der Waals surface area contributed by atoms with Crippen molar-refractivity contribution in [3.63, 3.8) is 0 Å². The number of anilines is 1. The molecule has 0 bridgehead atoms. The monoisotopic (exact) mass is 417 g/mol. The summed E-state index contributed by atoms with van der Waals surface area (Å²) in [5.41, 5.74) is 0.320. The lowest BCUT2D eigenvalue weighted by atomic mass is 9.85. The molecule has 1 fully saturated rings. The number of hydrogen-bond acceptors (Lipinski definition) is 4. The van der Waals surface area contributed by atoms with E-state index in [0.29, 0.717) is 11.6 Å². The van der Waals surface area contributed by atoms with Gasteiger partial charge in [0.15, 0.2) is 0 Å². The van der Waals surface area contributed by atoms with E-state index in [1.54, 1.807) is 7.05 Å². The zero-order chi connectivity index (χ0) is 20.2.